The molecule has 2 N–H and O–H groups in total. The summed E-state index contributed by atoms with van der Waals surface area (Å²) in [7, 11) is 0. The van der Waals surface area contributed by atoms with Crippen molar-refractivity contribution in [2.75, 3.05) is 0 Å². The Morgan fingerprint density at radius 2 is 1.58 bits per heavy atom. The van der Waals surface area contributed by atoms with E-state index in [2.05, 4.69) is 10.7 Å². The van der Waals surface area contributed by atoms with Gasteiger partial charge in [0.1, 0.15) is 0 Å². The predicted molar refractivity (Wildman–Crippen MR) is 91.6 cm³/mol. The molecule has 122 valence electrons. The lowest BCUT2D eigenvalue weighted by atomic mass is 9.99. The summed E-state index contributed by atoms with van der Waals surface area (Å²) >= 11 is 0. The first-order valence-electron chi connectivity index (χ1n) is 7.88. The summed E-state index contributed by atoms with van der Waals surface area (Å²) < 4.78 is 1.81. The third kappa shape index (κ3) is 3.06. The molecule has 0 spiro atoms. The maximum Gasteiger partial charge on any atom is 0.304 e. The minimum absolute atomic E-state index is 0.214. The maximum atomic E-state index is 12.5. The van der Waals surface area contributed by atoms with Gasteiger partial charge in [0.2, 0.25) is 6.04 Å². The molecule has 1 saturated heterocycles. The molecular weight excluding hydrogens is 302 g/mol. The molecular formula is C19H20N3O2+. The largest absolute Gasteiger partial charge is 0.334 e. The van der Waals surface area contributed by atoms with Gasteiger partial charge in [0.25, 0.3) is 5.91 Å². The van der Waals surface area contributed by atoms with Crippen molar-refractivity contribution in [1.82, 2.24) is 10.7 Å². The molecule has 2 amide bonds. The van der Waals surface area contributed by atoms with Crippen molar-refractivity contribution < 1.29 is 14.3 Å². The van der Waals surface area contributed by atoms with Crippen LogP contribution in [0.4, 0.5) is 0 Å². The first-order chi connectivity index (χ1) is 11.6. The molecule has 2 atom stereocenters. The van der Waals surface area contributed by atoms with E-state index < -0.39 is 6.04 Å². The first-order valence-corrected chi connectivity index (χ1v) is 7.88. The first kappa shape index (κ1) is 15.9. The van der Waals surface area contributed by atoms with Crippen molar-refractivity contribution >= 4 is 17.5 Å². The van der Waals surface area contributed by atoms with Crippen LogP contribution in [0.25, 0.3) is 0 Å². The minimum atomic E-state index is -0.657. The highest BCUT2D eigenvalue weighted by Crippen LogP contribution is 2.25. The van der Waals surface area contributed by atoms with Gasteiger partial charge in [-0.3, -0.25) is 9.59 Å². The van der Waals surface area contributed by atoms with Gasteiger partial charge in [0, 0.05) is 25.0 Å². The molecule has 0 unspecified atom stereocenters. The molecule has 1 heterocycles. The van der Waals surface area contributed by atoms with Crippen LogP contribution in [-0.2, 0) is 4.79 Å². The van der Waals surface area contributed by atoms with Gasteiger partial charge in [-0.15, -0.1) is 10.1 Å². The van der Waals surface area contributed by atoms with Crippen molar-refractivity contribution in [3.8, 4) is 0 Å². The SMILES string of the molecule is CC(C)=[N+]1NC(=O)[C@H](NC(=O)c2ccccc2)[C@H]1c1ccccc1. The quantitative estimate of drug-likeness (QED) is 0.850. The van der Waals surface area contributed by atoms with Crippen LogP contribution in [0.15, 0.2) is 60.7 Å². The number of nitrogens with zero attached hydrogens (tertiary/aromatic N) is 1. The van der Waals surface area contributed by atoms with Crippen molar-refractivity contribution in [3.63, 3.8) is 0 Å². The normalized spacial score (nSPS) is 19.8. The Kier molecular flexibility index (Phi) is 4.42. The van der Waals surface area contributed by atoms with E-state index in [1.165, 1.54) is 0 Å². The number of hydrogen-bond acceptors (Lipinski definition) is 2. The average molecular weight is 322 g/mol. The van der Waals surface area contributed by atoms with Crippen LogP contribution in [0.1, 0.15) is 35.8 Å². The van der Waals surface area contributed by atoms with E-state index in [1.807, 2.05) is 54.9 Å². The Morgan fingerprint density at radius 1 is 1.00 bits per heavy atom. The molecule has 0 bridgehead atoms. The number of hydrazine groups is 1. The second kappa shape index (κ2) is 6.66. The fourth-order valence-corrected chi connectivity index (χ4v) is 2.89. The molecule has 0 aromatic heterocycles. The molecule has 1 fully saturated rings. The highest BCUT2D eigenvalue weighted by atomic mass is 16.2. The second-order valence-corrected chi connectivity index (χ2v) is 5.97. The number of carbonyl (C=O) groups excluding carboxylic acids is 2. The summed E-state index contributed by atoms with van der Waals surface area (Å²) in [6.45, 7) is 3.86. The molecule has 5 heteroatoms. The van der Waals surface area contributed by atoms with Crippen LogP contribution in [0, 0.1) is 0 Å². The third-order valence-electron chi connectivity index (χ3n) is 4.05. The fourth-order valence-electron chi connectivity index (χ4n) is 2.89. The summed E-state index contributed by atoms with van der Waals surface area (Å²) in [6.07, 6.45) is 0. The number of hydrazone groups is 1. The molecule has 1 aliphatic heterocycles. The highest BCUT2D eigenvalue weighted by molar-refractivity contribution is 5.98. The van der Waals surface area contributed by atoms with Crippen molar-refractivity contribution in [3.05, 3.63) is 71.8 Å². The number of nitrogens with one attached hydrogen (secondary N) is 2. The zero-order chi connectivity index (χ0) is 17.1. The van der Waals surface area contributed by atoms with Crippen LogP contribution in [0.3, 0.4) is 0 Å². The highest BCUT2D eigenvalue weighted by Gasteiger charge is 2.48. The van der Waals surface area contributed by atoms with Gasteiger partial charge < -0.3 is 5.32 Å². The zero-order valence-electron chi connectivity index (χ0n) is 13.7. The Labute approximate surface area is 141 Å². The number of hydrogen-bond donors (Lipinski definition) is 2. The van der Waals surface area contributed by atoms with E-state index in [0.717, 1.165) is 11.3 Å². The number of amides is 2. The summed E-state index contributed by atoms with van der Waals surface area (Å²) in [5.74, 6) is -0.471. The summed E-state index contributed by atoms with van der Waals surface area (Å²) in [4.78, 5) is 24.9. The third-order valence-corrected chi connectivity index (χ3v) is 4.05. The minimum Gasteiger partial charge on any atom is -0.334 e. The molecule has 2 aromatic carbocycles. The standard InChI is InChI=1S/C19H19N3O2/c1-13(2)22-17(14-9-5-3-6-10-14)16(19(24)21-22)20-18(23)15-11-7-4-8-12-15/h3-12,16-17H,1-2H3,(H-,20,21,23,24)/p+1/t16-,17-/m1/s1. The molecule has 0 aliphatic carbocycles. The summed E-state index contributed by atoms with van der Waals surface area (Å²) in [5.41, 5.74) is 5.31. The molecule has 24 heavy (non-hydrogen) atoms. The topological polar surface area (TPSA) is 61.2 Å². The lowest BCUT2D eigenvalue weighted by Crippen LogP contribution is -2.42. The summed E-state index contributed by atoms with van der Waals surface area (Å²) in [6, 6.07) is 17.7. The molecule has 3 rings (SSSR count). The van der Waals surface area contributed by atoms with E-state index >= 15 is 0 Å². The Hall–Kier alpha value is -2.95. The van der Waals surface area contributed by atoms with Crippen molar-refractivity contribution in [2.45, 2.75) is 25.9 Å². The van der Waals surface area contributed by atoms with Crippen molar-refractivity contribution in [2.24, 2.45) is 0 Å². The van der Waals surface area contributed by atoms with E-state index in [1.54, 1.807) is 24.3 Å². The van der Waals surface area contributed by atoms with Gasteiger partial charge in [0.05, 0.1) is 0 Å². The number of carbonyl (C=O) groups is 2. The average Bonchev–Trinajstić information content (AvgIpc) is 2.93. The molecule has 2 aromatic rings. The molecule has 0 saturated carbocycles. The molecule has 1 aliphatic rings. The monoisotopic (exact) mass is 322 g/mol. The molecule has 0 radical (unpaired) electrons. The van der Waals surface area contributed by atoms with Gasteiger partial charge in [-0.05, 0) is 12.1 Å². The van der Waals surface area contributed by atoms with Crippen LogP contribution in [-0.4, -0.2) is 28.3 Å². The lowest BCUT2D eigenvalue weighted by Gasteiger charge is -2.15. The molecule has 5 nitrogen and oxygen atoms in total. The number of rotatable bonds is 3. The lowest BCUT2D eigenvalue weighted by molar-refractivity contribution is -0.601. The summed E-state index contributed by atoms with van der Waals surface area (Å²) in [5, 5.41) is 2.87. The van der Waals surface area contributed by atoms with Crippen LogP contribution in [0.5, 0.6) is 0 Å². The Bertz CT molecular complexity index is 781. The Balaban J connectivity index is 1.94. The predicted octanol–water partition coefficient (Wildman–Crippen LogP) is 2.06. The van der Waals surface area contributed by atoms with E-state index in [-0.39, 0.29) is 17.9 Å². The van der Waals surface area contributed by atoms with E-state index in [9.17, 15) is 9.59 Å². The van der Waals surface area contributed by atoms with Gasteiger partial charge in [-0.25, -0.2) is 0 Å². The van der Waals surface area contributed by atoms with Gasteiger partial charge in [-0.1, -0.05) is 48.5 Å². The smallest absolute Gasteiger partial charge is 0.304 e. The van der Waals surface area contributed by atoms with Crippen LogP contribution < -0.4 is 10.7 Å². The fraction of sp³-hybridized carbons (Fsp3) is 0.211. The van der Waals surface area contributed by atoms with E-state index in [0.29, 0.717) is 5.56 Å². The van der Waals surface area contributed by atoms with Gasteiger partial charge >= 0.3 is 5.91 Å². The van der Waals surface area contributed by atoms with Gasteiger partial charge in [-0.2, -0.15) is 0 Å². The van der Waals surface area contributed by atoms with Crippen molar-refractivity contribution in [1.29, 1.82) is 0 Å². The maximum absolute atomic E-state index is 12.5. The Morgan fingerprint density at radius 3 is 2.17 bits per heavy atom. The van der Waals surface area contributed by atoms with Gasteiger partial charge in [0.15, 0.2) is 11.8 Å². The number of benzene rings is 2. The van der Waals surface area contributed by atoms with Crippen LogP contribution in [0.2, 0.25) is 0 Å². The zero-order valence-corrected chi connectivity index (χ0v) is 13.7. The second-order valence-electron chi connectivity index (χ2n) is 5.97. The van der Waals surface area contributed by atoms with Crippen LogP contribution >= 0.6 is 0 Å². The van der Waals surface area contributed by atoms with E-state index in [4.69, 9.17) is 0 Å².